The van der Waals surface area contributed by atoms with E-state index in [4.69, 9.17) is 14.5 Å². The fourth-order valence-corrected chi connectivity index (χ4v) is 4.57. The Kier molecular flexibility index (Phi) is 9.82. The maximum absolute atomic E-state index is 6.19. The topological polar surface area (TPSA) is 58.1 Å². The van der Waals surface area contributed by atoms with Crippen LogP contribution in [0.2, 0.25) is 0 Å². The Morgan fingerprint density at radius 3 is 2.59 bits per heavy atom. The second kappa shape index (κ2) is 12.6. The molecule has 0 saturated carbocycles. The summed E-state index contributed by atoms with van der Waals surface area (Å²) in [7, 11) is 0. The molecule has 0 amide bonds. The smallest absolute Gasteiger partial charge is 0.193 e. The van der Waals surface area contributed by atoms with E-state index in [9.17, 15) is 0 Å². The first-order valence-electron chi connectivity index (χ1n) is 12.6. The molecule has 3 rings (SSSR count). The van der Waals surface area contributed by atoms with E-state index in [1.165, 1.54) is 18.4 Å². The first-order valence-corrected chi connectivity index (χ1v) is 12.6. The Labute approximate surface area is 195 Å². The minimum atomic E-state index is -0.0998. The van der Waals surface area contributed by atoms with Crippen LogP contribution < -0.4 is 10.6 Å². The summed E-state index contributed by atoms with van der Waals surface area (Å²) in [5, 5.41) is 7.24. The second-order valence-corrected chi connectivity index (χ2v) is 9.84. The Bertz CT molecular complexity index is 680. The van der Waals surface area contributed by atoms with Crippen molar-refractivity contribution in [2.24, 2.45) is 4.99 Å². The quantitative estimate of drug-likeness (QED) is 0.443. The van der Waals surface area contributed by atoms with Gasteiger partial charge < -0.3 is 25.0 Å². The molecule has 2 aliphatic rings. The van der Waals surface area contributed by atoms with Gasteiger partial charge in [-0.2, -0.15) is 0 Å². The minimum absolute atomic E-state index is 0.0998. The third-order valence-electron chi connectivity index (χ3n) is 6.40. The van der Waals surface area contributed by atoms with E-state index in [2.05, 4.69) is 73.6 Å². The summed E-state index contributed by atoms with van der Waals surface area (Å²) in [5.74, 6) is 1.02. The molecule has 2 atom stereocenters. The van der Waals surface area contributed by atoms with Gasteiger partial charge in [0.1, 0.15) is 0 Å². The van der Waals surface area contributed by atoms with E-state index < -0.39 is 0 Å². The van der Waals surface area contributed by atoms with Crippen LogP contribution in [0.3, 0.4) is 0 Å². The molecule has 2 heterocycles. The number of benzene rings is 1. The molecule has 2 N–H and O–H groups in total. The third-order valence-corrected chi connectivity index (χ3v) is 6.40. The number of nitrogens with zero attached hydrogens (tertiary/aromatic N) is 2. The molecule has 0 radical (unpaired) electrons. The van der Waals surface area contributed by atoms with Crippen molar-refractivity contribution in [3.63, 3.8) is 0 Å². The van der Waals surface area contributed by atoms with Gasteiger partial charge in [0.25, 0.3) is 0 Å². The lowest BCUT2D eigenvalue weighted by atomic mass is 10.0. The van der Waals surface area contributed by atoms with Gasteiger partial charge in [-0.15, -0.1) is 0 Å². The van der Waals surface area contributed by atoms with Gasteiger partial charge in [-0.05, 0) is 65.4 Å². The van der Waals surface area contributed by atoms with Crippen LogP contribution in [0.1, 0.15) is 71.4 Å². The Hall–Kier alpha value is -1.63. The van der Waals surface area contributed by atoms with E-state index >= 15 is 0 Å². The molecule has 0 bridgehead atoms. The number of piperidine rings is 1. The summed E-state index contributed by atoms with van der Waals surface area (Å²) in [5.41, 5.74) is 1.20. The number of aliphatic imine (C=N–C) groups is 1. The molecule has 2 unspecified atom stereocenters. The zero-order chi connectivity index (χ0) is 22.8. The molecular weight excluding hydrogens is 400 g/mol. The van der Waals surface area contributed by atoms with Crippen molar-refractivity contribution < 1.29 is 9.47 Å². The largest absolute Gasteiger partial charge is 0.376 e. The number of hydrogen-bond donors (Lipinski definition) is 2. The van der Waals surface area contributed by atoms with Crippen molar-refractivity contribution in [3.8, 4) is 0 Å². The number of hydrogen-bond acceptors (Lipinski definition) is 4. The van der Waals surface area contributed by atoms with Crippen molar-refractivity contribution in [2.75, 3.05) is 39.4 Å². The predicted octanol–water partition coefficient (Wildman–Crippen LogP) is 4.13. The highest BCUT2D eigenvalue weighted by Crippen LogP contribution is 2.19. The van der Waals surface area contributed by atoms with Crippen LogP contribution in [-0.4, -0.2) is 68.0 Å². The fourth-order valence-electron chi connectivity index (χ4n) is 4.57. The Morgan fingerprint density at radius 1 is 1.19 bits per heavy atom. The summed E-state index contributed by atoms with van der Waals surface area (Å²) < 4.78 is 12.0. The normalized spacial score (nSPS) is 22.1. The van der Waals surface area contributed by atoms with Crippen LogP contribution >= 0.6 is 0 Å². The van der Waals surface area contributed by atoms with Gasteiger partial charge >= 0.3 is 0 Å². The summed E-state index contributed by atoms with van der Waals surface area (Å²) in [6, 6.07) is 10.9. The first-order chi connectivity index (χ1) is 15.5. The lowest BCUT2D eigenvalue weighted by molar-refractivity contribution is -0.0721. The van der Waals surface area contributed by atoms with Gasteiger partial charge in [-0.1, -0.05) is 30.3 Å². The molecular formula is C26H44N4O2. The second-order valence-electron chi connectivity index (χ2n) is 9.84. The van der Waals surface area contributed by atoms with Gasteiger partial charge in [0, 0.05) is 37.8 Å². The lowest BCUT2D eigenvalue weighted by Gasteiger charge is -2.36. The van der Waals surface area contributed by atoms with Crippen molar-refractivity contribution in [2.45, 2.75) is 83.6 Å². The van der Waals surface area contributed by atoms with Crippen LogP contribution in [0, 0.1) is 0 Å². The first kappa shape index (κ1) is 25.0. The summed E-state index contributed by atoms with van der Waals surface area (Å²) in [4.78, 5) is 7.39. The van der Waals surface area contributed by atoms with E-state index in [-0.39, 0.29) is 11.6 Å². The SMILES string of the molecule is CCNC(=NCC(C)(C)NC(C)c1ccccc1)N1CCC(OCC2CCCCO2)CC1. The molecule has 1 aromatic carbocycles. The average molecular weight is 445 g/mol. The molecule has 2 fully saturated rings. The van der Waals surface area contributed by atoms with Crippen molar-refractivity contribution in [1.29, 1.82) is 0 Å². The molecule has 1 aromatic rings. The van der Waals surface area contributed by atoms with Crippen molar-refractivity contribution in [1.82, 2.24) is 15.5 Å². The highest BCUT2D eigenvalue weighted by molar-refractivity contribution is 5.80. The molecule has 180 valence electrons. The van der Waals surface area contributed by atoms with Crippen LogP contribution in [-0.2, 0) is 9.47 Å². The highest BCUT2D eigenvalue weighted by atomic mass is 16.5. The summed E-state index contributed by atoms with van der Waals surface area (Å²) in [6.07, 6.45) is 6.33. The molecule has 0 aromatic heterocycles. The minimum Gasteiger partial charge on any atom is -0.376 e. The maximum atomic E-state index is 6.19. The van der Waals surface area contributed by atoms with Crippen LogP contribution in [0.4, 0.5) is 0 Å². The van der Waals surface area contributed by atoms with E-state index in [0.717, 1.165) is 64.6 Å². The van der Waals surface area contributed by atoms with Gasteiger partial charge in [0.15, 0.2) is 5.96 Å². The van der Waals surface area contributed by atoms with Crippen molar-refractivity contribution in [3.05, 3.63) is 35.9 Å². The standard InChI is InChI=1S/C26H44N4O2/c1-5-27-25(28-20-26(3,4)29-21(2)22-11-7-6-8-12-22)30-16-14-23(15-17-30)32-19-24-13-9-10-18-31-24/h6-8,11-12,21,23-24,29H,5,9-10,13-20H2,1-4H3,(H,27,28). The molecule has 2 aliphatic heterocycles. The average Bonchev–Trinajstić information content (AvgIpc) is 2.82. The van der Waals surface area contributed by atoms with Crippen LogP contribution in [0.5, 0.6) is 0 Å². The number of guanidine groups is 1. The number of rotatable bonds is 9. The third kappa shape index (κ3) is 8.05. The summed E-state index contributed by atoms with van der Waals surface area (Å²) in [6.45, 7) is 14.0. The van der Waals surface area contributed by atoms with Gasteiger partial charge in [0.05, 0.1) is 25.4 Å². The fraction of sp³-hybridized carbons (Fsp3) is 0.731. The molecule has 32 heavy (non-hydrogen) atoms. The molecule has 0 aliphatic carbocycles. The summed E-state index contributed by atoms with van der Waals surface area (Å²) >= 11 is 0. The van der Waals surface area contributed by atoms with Crippen molar-refractivity contribution >= 4 is 5.96 Å². The molecule has 0 spiro atoms. The van der Waals surface area contributed by atoms with E-state index in [0.29, 0.717) is 12.2 Å². The van der Waals surface area contributed by atoms with Crippen LogP contribution in [0.25, 0.3) is 0 Å². The maximum Gasteiger partial charge on any atom is 0.193 e. The Balaban J connectivity index is 1.47. The molecule has 6 heteroatoms. The Morgan fingerprint density at radius 2 is 1.94 bits per heavy atom. The number of ether oxygens (including phenoxy) is 2. The van der Waals surface area contributed by atoms with E-state index in [1.54, 1.807) is 0 Å². The van der Waals surface area contributed by atoms with Crippen LogP contribution in [0.15, 0.2) is 35.3 Å². The number of likely N-dealkylation sites (tertiary alicyclic amines) is 1. The zero-order valence-corrected chi connectivity index (χ0v) is 20.6. The monoisotopic (exact) mass is 444 g/mol. The molecule has 6 nitrogen and oxygen atoms in total. The van der Waals surface area contributed by atoms with Gasteiger partial charge in [-0.3, -0.25) is 4.99 Å². The predicted molar refractivity (Wildman–Crippen MR) is 132 cm³/mol. The highest BCUT2D eigenvalue weighted by Gasteiger charge is 2.25. The van der Waals surface area contributed by atoms with Gasteiger partial charge in [0.2, 0.25) is 0 Å². The molecule has 2 saturated heterocycles. The van der Waals surface area contributed by atoms with E-state index in [1.807, 2.05) is 0 Å². The van der Waals surface area contributed by atoms with Gasteiger partial charge in [-0.25, -0.2) is 0 Å². The lowest BCUT2D eigenvalue weighted by Crippen LogP contribution is -2.49. The zero-order valence-electron chi connectivity index (χ0n) is 20.6. The number of nitrogens with one attached hydrogen (secondary N) is 2.